The number of pyridine rings is 1. The van der Waals surface area contributed by atoms with Gasteiger partial charge in [0.25, 0.3) is 0 Å². The lowest BCUT2D eigenvalue weighted by atomic mass is 10.2. The number of rotatable bonds is 3. The van der Waals surface area contributed by atoms with Crippen molar-refractivity contribution in [3.63, 3.8) is 0 Å². The Hall–Kier alpha value is -2.15. The lowest BCUT2D eigenvalue weighted by molar-refractivity contribution is 0.318. The van der Waals surface area contributed by atoms with Crippen LogP contribution in [0, 0.1) is 12.7 Å². The van der Waals surface area contributed by atoms with Crippen molar-refractivity contribution in [3.8, 4) is 11.6 Å². The highest BCUT2D eigenvalue weighted by molar-refractivity contribution is 9.10. The maximum absolute atomic E-state index is 13.6. The van der Waals surface area contributed by atoms with Gasteiger partial charge >= 0.3 is 0 Å². The van der Waals surface area contributed by atoms with Gasteiger partial charge in [-0.25, -0.2) is 9.37 Å². The molecule has 0 bridgehead atoms. The first-order valence-corrected chi connectivity index (χ1v) is 6.38. The number of halogens is 2. The Morgan fingerprint density at radius 1 is 1.40 bits per heavy atom. The van der Waals surface area contributed by atoms with E-state index in [-0.39, 0.29) is 17.5 Å². The van der Waals surface area contributed by atoms with E-state index in [1.807, 2.05) is 0 Å². The third-order valence-electron chi connectivity index (χ3n) is 2.44. The number of hydrogen-bond acceptors (Lipinski definition) is 4. The number of nitrogens with zero attached hydrogens (tertiary/aromatic N) is 2. The van der Waals surface area contributed by atoms with Crippen LogP contribution in [-0.4, -0.2) is 16.0 Å². The summed E-state index contributed by atoms with van der Waals surface area (Å²) in [6, 6.07) is 7.41. The van der Waals surface area contributed by atoms with Crippen LogP contribution < -0.4 is 10.5 Å². The summed E-state index contributed by atoms with van der Waals surface area (Å²) in [5.41, 5.74) is 6.55. The summed E-state index contributed by atoms with van der Waals surface area (Å²) in [5.74, 6) is -0.400. The molecule has 20 heavy (non-hydrogen) atoms. The second kappa shape index (κ2) is 5.87. The summed E-state index contributed by atoms with van der Waals surface area (Å²) in [5, 5.41) is 11.6. The standard InChI is InChI=1S/C13H11BrFN3O2/c1-7-4-8(13(16)18-19)5-12(17-7)20-11-6-9(14)2-3-10(11)15/h2-6,19H,1H3,(H2,16,18). The van der Waals surface area contributed by atoms with Gasteiger partial charge in [-0.2, -0.15) is 0 Å². The molecular weight excluding hydrogens is 329 g/mol. The fourth-order valence-electron chi connectivity index (χ4n) is 1.56. The van der Waals surface area contributed by atoms with Gasteiger partial charge < -0.3 is 15.7 Å². The average molecular weight is 340 g/mol. The van der Waals surface area contributed by atoms with Crippen molar-refractivity contribution >= 4 is 21.8 Å². The van der Waals surface area contributed by atoms with Gasteiger partial charge in [0.15, 0.2) is 17.4 Å². The normalized spacial score (nSPS) is 11.4. The molecule has 0 aliphatic heterocycles. The molecule has 0 amide bonds. The Balaban J connectivity index is 2.38. The van der Waals surface area contributed by atoms with Gasteiger partial charge in [0.2, 0.25) is 5.88 Å². The topological polar surface area (TPSA) is 80.7 Å². The van der Waals surface area contributed by atoms with Crippen LogP contribution in [0.3, 0.4) is 0 Å². The molecule has 0 saturated heterocycles. The van der Waals surface area contributed by atoms with Crippen LogP contribution in [0.4, 0.5) is 4.39 Å². The van der Waals surface area contributed by atoms with E-state index in [0.717, 1.165) is 0 Å². The lowest BCUT2D eigenvalue weighted by Crippen LogP contribution is -2.13. The maximum Gasteiger partial charge on any atom is 0.220 e. The van der Waals surface area contributed by atoms with Crippen molar-refractivity contribution in [1.29, 1.82) is 0 Å². The number of nitrogens with two attached hydrogens (primary N) is 1. The molecule has 3 N–H and O–H groups in total. The van der Waals surface area contributed by atoms with Gasteiger partial charge in [-0.3, -0.25) is 0 Å². The number of aromatic nitrogens is 1. The molecule has 1 aromatic heterocycles. The minimum Gasteiger partial charge on any atom is -0.436 e. The molecule has 5 nitrogen and oxygen atoms in total. The molecule has 0 unspecified atom stereocenters. The van der Waals surface area contributed by atoms with E-state index in [0.29, 0.717) is 15.7 Å². The number of benzene rings is 1. The largest absolute Gasteiger partial charge is 0.436 e. The molecule has 0 fully saturated rings. The van der Waals surface area contributed by atoms with Crippen molar-refractivity contribution in [2.24, 2.45) is 10.9 Å². The van der Waals surface area contributed by atoms with Crippen LogP contribution in [0.5, 0.6) is 11.6 Å². The molecule has 0 spiro atoms. The number of oxime groups is 1. The monoisotopic (exact) mass is 339 g/mol. The van der Waals surface area contributed by atoms with Gasteiger partial charge in [0.05, 0.1) is 0 Å². The Morgan fingerprint density at radius 2 is 2.15 bits per heavy atom. The van der Waals surface area contributed by atoms with E-state index in [9.17, 15) is 4.39 Å². The van der Waals surface area contributed by atoms with Crippen molar-refractivity contribution < 1.29 is 14.3 Å². The molecule has 0 aliphatic carbocycles. The fraction of sp³-hybridized carbons (Fsp3) is 0.0769. The van der Waals surface area contributed by atoms with E-state index in [2.05, 4.69) is 26.1 Å². The van der Waals surface area contributed by atoms with Crippen LogP contribution in [0.15, 0.2) is 40.0 Å². The third kappa shape index (κ3) is 3.24. The van der Waals surface area contributed by atoms with Crippen LogP contribution in [0.2, 0.25) is 0 Å². The Kier molecular flexibility index (Phi) is 4.19. The van der Waals surface area contributed by atoms with Gasteiger partial charge in [0.1, 0.15) is 0 Å². The lowest BCUT2D eigenvalue weighted by Gasteiger charge is -2.09. The highest BCUT2D eigenvalue weighted by Crippen LogP contribution is 2.27. The fourth-order valence-corrected chi connectivity index (χ4v) is 1.90. The SMILES string of the molecule is Cc1cc(/C(N)=N/O)cc(Oc2cc(Br)ccc2F)n1. The maximum atomic E-state index is 13.6. The zero-order valence-corrected chi connectivity index (χ0v) is 12.1. The Bertz CT molecular complexity index is 677. The van der Waals surface area contributed by atoms with E-state index < -0.39 is 5.82 Å². The predicted octanol–water partition coefficient (Wildman–Crippen LogP) is 3.18. The first kappa shape index (κ1) is 14.3. The Labute approximate surface area is 123 Å². The van der Waals surface area contributed by atoms with Gasteiger partial charge in [-0.05, 0) is 31.2 Å². The van der Waals surface area contributed by atoms with Crippen molar-refractivity contribution in [2.45, 2.75) is 6.92 Å². The highest BCUT2D eigenvalue weighted by Gasteiger charge is 2.09. The summed E-state index contributed by atoms with van der Waals surface area (Å²) in [6.07, 6.45) is 0. The molecule has 2 aromatic rings. The first-order chi connectivity index (χ1) is 9.49. The summed E-state index contributed by atoms with van der Waals surface area (Å²) >= 11 is 3.23. The number of hydrogen-bond donors (Lipinski definition) is 2. The van der Waals surface area contributed by atoms with E-state index in [1.165, 1.54) is 18.2 Å². The molecule has 0 aliphatic rings. The quantitative estimate of drug-likeness (QED) is 0.389. The second-order valence-corrected chi connectivity index (χ2v) is 4.91. The molecule has 0 atom stereocenters. The van der Waals surface area contributed by atoms with Crippen LogP contribution in [0.25, 0.3) is 0 Å². The van der Waals surface area contributed by atoms with Crippen LogP contribution in [0.1, 0.15) is 11.3 Å². The third-order valence-corrected chi connectivity index (χ3v) is 2.93. The number of aryl methyl sites for hydroxylation is 1. The second-order valence-electron chi connectivity index (χ2n) is 4.00. The first-order valence-electron chi connectivity index (χ1n) is 5.59. The van der Waals surface area contributed by atoms with Gasteiger partial charge in [-0.15, -0.1) is 0 Å². The summed E-state index contributed by atoms with van der Waals surface area (Å²) < 4.78 is 19.7. The van der Waals surface area contributed by atoms with Crippen LogP contribution >= 0.6 is 15.9 Å². The number of ether oxygens (including phenoxy) is 1. The van der Waals surface area contributed by atoms with Crippen molar-refractivity contribution in [3.05, 3.63) is 51.9 Å². The zero-order valence-electron chi connectivity index (χ0n) is 10.5. The van der Waals surface area contributed by atoms with E-state index in [4.69, 9.17) is 15.7 Å². The Morgan fingerprint density at radius 3 is 2.85 bits per heavy atom. The summed E-state index contributed by atoms with van der Waals surface area (Å²) in [4.78, 5) is 4.12. The zero-order chi connectivity index (χ0) is 14.7. The molecular formula is C13H11BrFN3O2. The number of amidine groups is 1. The van der Waals surface area contributed by atoms with Gasteiger partial charge in [0, 0.05) is 21.8 Å². The average Bonchev–Trinajstić information content (AvgIpc) is 2.41. The molecule has 2 rings (SSSR count). The molecule has 7 heteroatoms. The van der Waals surface area contributed by atoms with Gasteiger partial charge in [-0.1, -0.05) is 21.1 Å². The van der Waals surface area contributed by atoms with E-state index >= 15 is 0 Å². The molecule has 104 valence electrons. The van der Waals surface area contributed by atoms with Crippen LogP contribution in [-0.2, 0) is 0 Å². The highest BCUT2D eigenvalue weighted by atomic mass is 79.9. The molecule has 0 radical (unpaired) electrons. The minimum atomic E-state index is -0.512. The smallest absolute Gasteiger partial charge is 0.220 e. The van der Waals surface area contributed by atoms with Crippen molar-refractivity contribution in [1.82, 2.24) is 4.98 Å². The summed E-state index contributed by atoms with van der Waals surface area (Å²) in [7, 11) is 0. The predicted molar refractivity (Wildman–Crippen MR) is 75.7 cm³/mol. The molecule has 1 heterocycles. The van der Waals surface area contributed by atoms with E-state index in [1.54, 1.807) is 19.1 Å². The molecule has 1 aromatic carbocycles. The molecule has 0 saturated carbocycles. The van der Waals surface area contributed by atoms with Crippen molar-refractivity contribution in [2.75, 3.05) is 0 Å². The summed E-state index contributed by atoms with van der Waals surface area (Å²) in [6.45, 7) is 1.72. The minimum absolute atomic E-state index is 0.0305.